The third-order valence-electron chi connectivity index (χ3n) is 2.60. The van der Waals surface area contributed by atoms with Gasteiger partial charge in [0.05, 0.1) is 12.7 Å². The predicted molar refractivity (Wildman–Crippen MR) is 75.5 cm³/mol. The lowest BCUT2D eigenvalue weighted by atomic mass is 10.0. The number of hydrogen-bond donors (Lipinski definition) is 0. The maximum atomic E-state index is 13.7. The Morgan fingerprint density at radius 3 is 2.47 bits per heavy atom. The number of carbonyl (C=O) groups excluding carboxylic acids is 1. The highest BCUT2D eigenvalue weighted by Gasteiger charge is 2.17. The number of rotatable bonds is 3. The van der Waals surface area contributed by atoms with Gasteiger partial charge >= 0.3 is 0 Å². The standard InChI is InChI=1S/C14H9BrClFO2/c1-19-9-3-5-10(12(15)7-9)14(18)11-4-2-8(16)6-13(11)17/h2-7H,1H3. The molecule has 19 heavy (non-hydrogen) atoms. The van der Waals surface area contributed by atoms with Gasteiger partial charge in [-0.3, -0.25) is 4.79 Å². The zero-order chi connectivity index (χ0) is 14.0. The molecule has 0 unspecified atom stereocenters. The van der Waals surface area contributed by atoms with Crippen molar-refractivity contribution >= 4 is 33.3 Å². The zero-order valence-electron chi connectivity index (χ0n) is 9.91. The molecule has 0 atom stereocenters. The number of ether oxygens (including phenoxy) is 1. The minimum Gasteiger partial charge on any atom is -0.497 e. The van der Waals surface area contributed by atoms with Crippen LogP contribution in [-0.4, -0.2) is 12.9 Å². The van der Waals surface area contributed by atoms with Crippen LogP contribution in [0, 0.1) is 5.82 Å². The average molecular weight is 344 g/mol. The normalized spacial score (nSPS) is 10.3. The van der Waals surface area contributed by atoms with Gasteiger partial charge in [0.15, 0.2) is 5.78 Å². The summed E-state index contributed by atoms with van der Waals surface area (Å²) in [5.41, 5.74) is 0.345. The Morgan fingerprint density at radius 1 is 1.21 bits per heavy atom. The van der Waals surface area contributed by atoms with Crippen LogP contribution in [0.3, 0.4) is 0 Å². The van der Waals surface area contributed by atoms with Crippen molar-refractivity contribution in [2.45, 2.75) is 0 Å². The number of hydrogen-bond acceptors (Lipinski definition) is 2. The molecule has 0 fully saturated rings. The summed E-state index contributed by atoms with van der Waals surface area (Å²) < 4.78 is 19.3. The fourth-order valence-electron chi connectivity index (χ4n) is 1.63. The van der Waals surface area contributed by atoms with Gasteiger partial charge in [-0.25, -0.2) is 4.39 Å². The Hall–Kier alpha value is -1.39. The quantitative estimate of drug-likeness (QED) is 0.768. The molecule has 2 rings (SSSR count). The Bertz CT molecular complexity index is 643. The molecular formula is C14H9BrClFO2. The van der Waals surface area contributed by atoms with Gasteiger partial charge in [-0.15, -0.1) is 0 Å². The van der Waals surface area contributed by atoms with Crippen molar-refractivity contribution < 1.29 is 13.9 Å². The van der Waals surface area contributed by atoms with Crippen molar-refractivity contribution in [2.24, 2.45) is 0 Å². The first-order valence-corrected chi connectivity index (χ1v) is 6.53. The van der Waals surface area contributed by atoms with Crippen molar-refractivity contribution in [3.63, 3.8) is 0 Å². The van der Waals surface area contributed by atoms with Gasteiger partial charge in [0.25, 0.3) is 0 Å². The van der Waals surface area contributed by atoms with E-state index in [0.29, 0.717) is 15.8 Å². The summed E-state index contributed by atoms with van der Waals surface area (Å²) >= 11 is 8.94. The molecule has 2 nitrogen and oxygen atoms in total. The highest BCUT2D eigenvalue weighted by molar-refractivity contribution is 9.10. The van der Waals surface area contributed by atoms with Crippen LogP contribution in [0.4, 0.5) is 4.39 Å². The van der Waals surface area contributed by atoms with Crippen LogP contribution in [0.5, 0.6) is 5.75 Å². The Kier molecular flexibility index (Phi) is 4.22. The summed E-state index contributed by atoms with van der Waals surface area (Å²) in [5, 5.41) is 0.253. The first-order valence-electron chi connectivity index (χ1n) is 5.36. The summed E-state index contributed by atoms with van der Waals surface area (Å²) in [7, 11) is 1.53. The Labute approximate surface area is 123 Å². The molecule has 0 bridgehead atoms. The van der Waals surface area contributed by atoms with E-state index in [-0.39, 0.29) is 10.6 Å². The molecule has 0 N–H and O–H groups in total. The second kappa shape index (κ2) is 5.72. The smallest absolute Gasteiger partial charge is 0.197 e. The van der Waals surface area contributed by atoms with Crippen molar-refractivity contribution in [1.29, 1.82) is 0 Å². The molecule has 0 aromatic heterocycles. The lowest BCUT2D eigenvalue weighted by molar-refractivity contribution is 0.103. The maximum absolute atomic E-state index is 13.7. The zero-order valence-corrected chi connectivity index (χ0v) is 12.3. The molecule has 0 saturated carbocycles. The molecule has 0 heterocycles. The van der Waals surface area contributed by atoms with Crippen LogP contribution in [-0.2, 0) is 0 Å². The van der Waals surface area contributed by atoms with Gasteiger partial charge in [-0.05, 0) is 52.3 Å². The van der Waals surface area contributed by atoms with Crippen LogP contribution in [0.2, 0.25) is 5.02 Å². The van der Waals surface area contributed by atoms with E-state index in [1.54, 1.807) is 18.2 Å². The van der Waals surface area contributed by atoms with Crippen LogP contribution >= 0.6 is 27.5 Å². The van der Waals surface area contributed by atoms with Crippen molar-refractivity contribution in [3.05, 3.63) is 62.8 Å². The third kappa shape index (κ3) is 2.96. The summed E-state index contributed by atoms with van der Waals surface area (Å²) in [6.45, 7) is 0. The molecular weight excluding hydrogens is 335 g/mol. The topological polar surface area (TPSA) is 26.3 Å². The number of methoxy groups -OCH3 is 1. The molecule has 2 aromatic rings. The van der Waals surface area contributed by atoms with Gasteiger partial charge in [0.2, 0.25) is 0 Å². The second-order valence-corrected chi connectivity index (χ2v) is 5.09. The number of benzene rings is 2. The summed E-state index contributed by atoms with van der Waals surface area (Å²) in [6.07, 6.45) is 0. The van der Waals surface area contributed by atoms with E-state index in [0.717, 1.165) is 6.07 Å². The minimum atomic E-state index is -0.639. The molecule has 0 saturated heterocycles. The minimum absolute atomic E-state index is 0.0183. The van der Waals surface area contributed by atoms with Crippen LogP contribution in [0.15, 0.2) is 40.9 Å². The highest BCUT2D eigenvalue weighted by Crippen LogP contribution is 2.26. The SMILES string of the molecule is COc1ccc(C(=O)c2ccc(Cl)cc2F)c(Br)c1. The molecule has 0 spiro atoms. The van der Waals surface area contributed by atoms with E-state index in [1.165, 1.54) is 19.2 Å². The Balaban J connectivity index is 2.44. The average Bonchev–Trinajstić information content (AvgIpc) is 2.37. The lowest BCUT2D eigenvalue weighted by Gasteiger charge is -2.07. The van der Waals surface area contributed by atoms with Crippen molar-refractivity contribution in [3.8, 4) is 5.75 Å². The number of ketones is 1. The van der Waals surface area contributed by atoms with Gasteiger partial charge in [0, 0.05) is 15.1 Å². The highest BCUT2D eigenvalue weighted by atomic mass is 79.9. The molecule has 0 amide bonds. The van der Waals surface area contributed by atoms with Crippen LogP contribution < -0.4 is 4.74 Å². The molecule has 2 aromatic carbocycles. The van der Waals surface area contributed by atoms with E-state index < -0.39 is 11.6 Å². The summed E-state index contributed by atoms with van der Waals surface area (Å²) in [5.74, 6) is -0.441. The van der Waals surface area contributed by atoms with Gasteiger partial charge in [0.1, 0.15) is 11.6 Å². The van der Waals surface area contributed by atoms with E-state index in [9.17, 15) is 9.18 Å². The number of halogens is 3. The Morgan fingerprint density at radius 2 is 1.89 bits per heavy atom. The van der Waals surface area contributed by atoms with Gasteiger partial charge in [-0.1, -0.05) is 11.6 Å². The molecule has 0 aliphatic carbocycles. The first kappa shape index (κ1) is 14.0. The molecule has 0 aliphatic rings. The van der Waals surface area contributed by atoms with E-state index >= 15 is 0 Å². The summed E-state index contributed by atoms with van der Waals surface area (Å²) in [4.78, 5) is 12.2. The van der Waals surface area contributed by atoms with E-state index in [1.807, 2.05) is 0 Å². The van der Waals surface area contributed by atoms with Gasteiger partial charge in [-0.2, -0.15) is 0 Å². The van der Waals surface area contributed by atoms with E-state index in [4.69, 9.17) is 16.3 Å². The third-order valence-corrected chi connectivity index (χ3v) is 3.49. The van der Waals surface area contributed by atoms with Crippen LogP contribution in [0.25, 0.3) is 0 Å². The monoisotopic (exact) mass is 342 g/mol. The fourth-order valence-corrected chi connectivity index (χ4v) is 2.32. The fraction of sp³-hybridized carbons (Fsp3) is 0.0714. The largest absolute Gasteiger partial charge is 0.497 e. The first-order chi connectivity index (χ1) is 9.02. The molecule has 98 valence electrons. The number of carbonyl (C=O) groups is 1. The van der Waals surface area contributed by atoms with Crippen molar-refractivity contribution in [1.82, 2.24) is 0 Å². The van der Waals surface area contributed by atoms with E-state index in [2.05, 4.69) is 15.9 Å². The maximum Gasteiger partial charge on any atom is 0.197 e. The second-order valence-electron chi connectivity index (χ2n) is 3.80. The van der Waals surface area contributed by atoms with Gasteiger partial charge < -0.3 is 4.74 Å². The molecule has 5 heteroatoms. The lowest BCUT2D eigenvalue weighted by Crippen LogP contribution is -2.05. The molecule has 0 radical (unpaired) electrons. The molecule has 0 aliphatic heterocycles. The predicted octanol–water partition coefficient (Wildman–Crippen LogP) is 4.48. The van der Waals surface area contributed by atoms with Crippen molar-refractivity contribution in [2.75, 3.05) is 7.11 Å². The van der Waals surface area contributed by atoms with Crippen LogP contribution in [0.1, 0.15) is 15.9 Å². The summed E-state index contributed by atoms with van der Waals surface area (Å²) in [6, 6.07) is 8.85.